The van der Waals surface area contributed by atoms with E-state index in [1.165, 1.54) is 19.2 Å². The van der Waals surface area contributed by atoms with Crippen LogP contribution in [0, 0.1) is 17.7 Å². The summed E-state index contributed by atoms with van der Waals surface area (Å²) >= 11 is 0. The Kier molecular flexibility index (Phi) is 5.51. The number of hydrogen-bond acceptors (Lipinski definition) is 4. The summed E-state index contributed by atoms with van der Waals surface area (Å²) in [7, 11) is 1.21. The average Bonchev–Trinajstić information content (AvgIpc) is 2.42. The van der Waals surface area contributed by atoms with Crippen LogP contribution in [0.3, 0.4) is 0 Å². The van der Waals surface area contributed by atoms with E-state index in [1.807, 2.05) is 0 Å². The zero-order valence-corrected chi connectivity index (χ0v) is 10.3. The van der Waals surface area contributed by atoms with E-state index in [1.54, 1.807) is 0 Å². The lowest BCUT2D eigenvalue weighted by Gasteiger charge is -2.04. The number of halogens is 1. The zero-order valence-electron chi connectivity index (χ0n) is 10.3. The van der Waals surface area contributed by atoms with Crippen molar-refractivity contribution in [3.8, 4) is 11.8 Å². The molecule has 0 saturated heterocycles. The van der Waals surface area contributed by atoms with Crippen LogP contribution in [0.5, 0.6) is 0 Å². The summed E-state index contributed by atoms with van der Waals surface area (Å²) in [6, 6.07) is 3.84. The molecule has 1 aromatic carbocycles. The highest BCUT2D eigenvalue weighted by Crippen LogP contribution is 2.09. The molecule has 1 rings (SSSR count). The number of ether oxygens (including phenoxy) is 1. The molecule has 0 atom stereocenters. The molecule has 0 heterocycles. The van der Waals surface area contributed by atoms with Crippen molar-refractivity contribution in [2.24, 2.45) is 5.73 Å². The smallest absolute Gasteiger partial charge is 0.325 e. The molecule has 0 aliphatic rings. The lowest BCUT2D eigenvalue weighted by molar-refractivity contribution is -0.139. The standard InChI is InChI=1S/C13H13FN2O3/c1-19-12(17)8-16-13(18)10-5-4-9(3-2-6-15)11(14)7-10/h4-5,7H,6,8,15H2,1H3,(H,16,18). The van der Waals surface area contributed by atoms with E-state index in [0.717, 1.165) is 6.07 Å². The minimum Gasteiger partial charge on any atom is -0.468 e. The number of benzene rings is 1. The quantitative estimate of drug-likeness (QED) is 0.596. The third kappa shape index (κ3) is 4.41. The molecule has 1 amide bonds. The Hall–Kier alpha value is -2.39. The molecule has 6 heteroatoms. The van der Waals surface area contributed by atoms with E-state index in [-0.39, 0.29) is 24.2 Å². The molecule has 3 N–H and O–H groups in total. The first kappa shape index (κ1) is 14.7. The van der Waals surface area contributed by atoms with Gasteiger partial charge in [-0.05, 0) is 18.2 Å². The number of esters is 1. The Balaban J connectivity index is 2.77. The van der Waals surface area contributed by atoms with Gasteiger partial charge in [0.2, 0.25) is 0 Å². The number of amides is 1. The van der Waals surface area contributed by atoms with E-state index in [9.17, 15) is 14.0 Å². The van der Waals surface area contributed by atoms with Crippen molar-refractivity contribution >= 4 is 11.9 Å². The first-order chi connectivity index (χ1) is 9.08. The van der Waals surface area contributed by atoms with Crippen molar-refractivity contribution in [2.75, 3.05) is 20.2 Å². The molecule has 100 valence electrons. The third-order valence-corrected chi connectivity index (χ3v) is 2.18. The van der Waals surface area contributed by atoms with Crippen molar-refractivity contribution in [3.63, 3.8) is 0 Å². The van der Waals surface area contributed by atoms with Gasteiger partial charge in [0, 0.05) is 5.56 Å². The normalized spacial score (nSPS) is 9.21. The van der Waals surface area contributed by atoms with E-state index < -0.39 is 17.7 Å². The topological polar surface area (TPSA) is 81.4 Å². The Morgan fingerprint density at radius 1 is 1.47 bits per heavy atom. The monoisotopic (exact) mass is 264 g/mol. The predicted molar refractivity (Wildman–Crippen MR) is 66.7 cm³/mol. The molecule has 0 aliphatic carbocycles. The molecule has 0 bridgehead atoms. The van der Waals surface area contributed by atoms with E-state index in [2.05, 4.69) is 21.9 Å². The highest BCUT2D eigenvalue weighted by Gasteiger charge is 2.10. The highest BCUT2D eigenvalue weighted by atomic mass is 19.1. The lowest BCUT2D eigenvalue weighted by atomic mass is 10.1. The van der Waals surface area contributed by atoms with Crippen LogP contribution in [0.4, 0.5) is 4.39 Å². The molecule has 0 spiro atoms. The second-order valence-corrected chi connectivity index (χ2v) is 3.46. The number of nitrogens with two attached hydrogens (primary N) is 1. The number of rotatable bonds is 3. The van der Waals surface area contributed by atoms with Gasteiger partial charge in [-0.25, -0.2) is 4.39 Å². The Morgan fingerprint density at radius 2 is 2.21 bits per heavy atom. The predicted octanol–water partition coefficient (Wildman–Crippen LogP) is 0.0387. The maximum absolute atomic E-state index is 13.6. The lowest BCUT2D eigenvalue weighted by Crippen LogP contribution is -2.30. The van der Waals surface area contributed by atoms with Gasteiger partial charge in [-0.2, -0.15) is 0 Å². The molecule has 0 unspecified atom stereocenters. The van der Waals surface area contributed by atoms with Gasteiger partial charge in [-0.3, -0.25) is 9.59 Å². The first-order valence-electron chi connectivity index (χ1n) is 5.42. The van der Waals surface area contributed by atoms with Gasteiger partial charge in [-0.1, -0.05) is 11.8 Å². The summed E-state index contributed by atoms with van der Waals surface area (Å²) in [5, 5.41) is 2.30. The van der Waals surface area contributed by atoms with Crippen LogP contribution in [0.2, 0.25) is 0 Å². The second kappa shape index (κ2) is 7.13. The SMILES string of the molecule is COC(=O)CNC(=O)c1ccc(C#CCN)c(F)c1. The zero-order chi connectivity index (χ0) is 14.3. The molecular weight excluding hydrogens is 251 g/mol. The highest BCUT2D eigenvalue weighted by molar-refractivity contribution is 5.96. The minimum atomic E-state index is -0.619. The van der Waals surface area contributed by atoms with E-state index in [0.29, 0.717) is 0 Å². The largest absolute Gasteiger partial charge is 0.468 e. The Labute approximate surface area is 109 Å². The van der Waals surface area contributed by atoms with Crippen LogP contribution in [-0.4, -0.2) is 32.1 Å². The van der Waals surface area contributed by atoms with Crippen molar-refractivity contribution in [1.82, 2.24) is 5.32 Å². The van der Waals surface area contributed by atoms with Gasteiger partial charge in [0.05, 0.1) is 19.2 Å². The maximum atomic E-state index is 13.6. The van der Waals surface area contributed by atoms with Gasteiger partial charge >= 0.3 is 5.97 Å². The van der Waals surface area contributed by atoms with E-state index in [4.69, 9.17) is 5.73 Å². The van der Waals surface area contributed by atoms with Gasteiger partial charge in [-0.15, -0.1) is 0 Å². The summed E-state index contributed by atoms with van der Waals surface area (Å²) < 4.78 is 17.9. The van der Waals surface area contributed by atoms with Crippen LogP contribution >= 0.6 is 0 Å². The fraction of sp³-hybridized carbons (Fsp3) is 0.231. The van der Waals surface area contributed by atoms with Crippen LogP contribution in [-0.2, 0) is 9.53 Å². The van der Waals surface area contributed by atoms with Crippen LogP contribution < -0.4 is 11.1 Å². The molecule has 0 fully saturated rings. The molecule has 0 saturated carbocycles. The number of hydrogen-bond donors (Lipinski definition) is 2. The van der Waals surface area contributed by atoms with Gasteiger partial charge in [0.1, 0.15) is 12.4 Å². The number of nitrogens with one attached hydrogen (secondary N) is 1. The van der Waals surface area contributed by atoms with Crippen molar-refractivity contribution in [1.29, 1.82) is 0 Å². The van der Waals surface area contributed by atoms with Gasteiger partial charge in [0.15, 0.2) is 0 Å². The van der Waals surface area contributed by atoms with Crippen LogP contribution in [0.1, 0.15) is 15.9 Å². The summed E-state index contributed by atoms with van der Waals surface area (Å²) in [6.07, 6.45) is 0. The van der Waals surface area contributed by atoms with E-state index >= 15 is 0 Å². The summed E-state index contributed by atoms with van der Waals surface area (Å²) in [6.45, 7) is -0.146. The molecule has 0 aromatic heterocycles. The Morgan fingerprint density at radius 3 is 2.79 bits per heavy atom. The van der Waals surface area contributed by atoms with Gasteiger partial charge in [0.25, 0.3) is 5.91 Å². The third-order valence-electron chi connectivity index (χ3n) is 2.18. The number of carbonyl (C=O) groups excluding carboxylic acids is 2. The van der Waals surface area contributed by atoms with Crippen LogP contribution in [0.15, 0.2) is 18.2 Å². The molecule has 19 heavy (non-hydrogen) atoms. The van der Waals surface area contributed by atoms with Crippen molar-refractivity contribution < 1.29 is 18.7 Å². The average molecular weight is 264 g/mol. The Bertz CT molecular complexity index is 547. The fourth-order valence-electron chi connectivity index (χ4n) is 1.23. The van der Waals surface area contributed by atoms with Crippen molar-refractivity contribution in [3.05, 3.63) is 35.1 Å². The summed E-state index contributed by atoms with van der Waals surface area (Å²) in [5.74, 6) is 3.29. The summed E-state index contributed by atoms with van der Waals surface area (Å²) in [5.41, 5.74) is 5.44. The second-order valence-electron chi connectivity index (χ2n) is 3.46. The fourth-order valence-corrected chi connectivity index (χ4v) is 1.23. The number of methoxy groups -OCH3 is 1. The molecule has 0 radical (unpaired) electrons. The molecule has 0 aliphatic heterocycles. The number of carbonyl (C=O) groups is 2. The molecule has 5 nitrogen and oxygen atoms in total. The van der Waals surface area contributed by atoms with Crippen LogP contribution in [0.25, 0.3) is 0 Å². The van der Waals surface area contributed by atoms with Gasteiger partial charge < -0.3 is 15.8 Å². The minimum absolute atomic E-state index is 0.0969. The first-order valence-corrected chi connectivity index (χ1v) is 5.42. The van der Waals surface area contributed by atoms with Crippen molar-refractivity contribution in [2.45, 2.75) is 0 Å². The summed E-state index contributed by atoms with van der Waals surface area (Å²) in [4.78, 5) is 22.4. The molecular formula is C13H13FN2O3. The maximum Gasteiger partial charge on any atom is 0.325 e. The molecule has 1 aromatic rings.